The molecule has 1 spiro atoms. The third kappa shape index (κ3) is 8.11. The summed E-state index contributed by atoms with van der Waals surface area (Å²) in [4.78, 5) is 13.8. The predicted octanol–water partition coefficient (Wildman–Crippen LogP) is 5.42. The summed E-state index contributed by atoms with van der Waals surface area (Å²) in [5.74, 6) is -2.13. The highest BCUT2D eigenvalue weighted by atomic mass is 32.2. The van der Waals surface area contributed by atoms with Crippen LogP contribution >= 0.6 is 0 Å². The molecule has 5 rings (SSSR count). The summed E-state index contributed by atoms with van der Waals surface area (Å²) in [6.45, 7) is 7.94. The normalized spacial score (nSPS) is 18.6. The number of ether oxygens (including phenoxy) is 1. The van der Waals surface area contributed by atoms with E-state index in [1.807, 2.05) is 12.1 Å². The number of piperidine rings is 2. The molecule has 2 fully saturated rings. The number of likely N-dealkylation sites (tertiary alicyclic amines) is 1. The lowest BCUT2D eigenvalue weighted by molar-refractivity contribution is -0.192. The number of hydrogen-bond donors (Lipinski definition) is 1. The Balaban J connectivity index is 0.000000541. The molecule has 2 aromatic carbocycles. The summed E-state index contributed by atoms with van der Waals surface area (Å²) in [7, 11) is -3.41. The number of nitrogens with zero attached hydrogens (tertiary/aromatic N) is 3. The maximum absolute atomic E-state index is 14.2. The van der Waals surface area contributed by atoms with E-state index < -0.39 is 22.2 Å². The van der Waals surface area contributed by atoms with E-state index in [0.717, 1.165) is 62.5 Å². The Labute approximate surface area is 250 Å². The molecule has 0 atom stereocenters. The van der Waals surface area contributed by atoms with Gasteiger partial charge in [-0.3, -0.25) is 4.31 Å². The number of sulfonamides is 1. The molecule has 0 aliphatic carbocycles. The average Bonchev–Trinajstić information content (AvgIpc) is 3.30. The van der Waals surface area contributed by atoms with E-state index in [1.54, 1.807) is 19.1 Å². The Morgan fingerprint density at radius 1 is 1.00 bits per heavy atom. The molecule has 238 valence electrons. The fourth-order valence-corrected chi connectivity index (χ4v) is 7.25. The number of halogens is 4. The molecule has 0 saturated carbocycles. The van der Waals surface area contributed by atoms with Crippen molar-refractivity contribution in [3.8, 4) is 5.75 Å². The van der Waals surface area contributed by atoms with E-state index >= 15 is 0 Å². The highest BCUT2D eigenvalue weighted by Gasteiger charge is 2.47. The Kier molecular flexibility index (Phi) is 10.5. The summed E-state index contributed by atoms with van der Waals surface area (Å²) >= 11 is 0. The van der Waals surface area contributed by atoms with Crippen LogP contribution in [0.5, 0.6) is 5.75 Å². The van der Waals surface area contributed by atoms with Gasteiger partial charge in [-0.15, -0.1) is 0 Å². The van der Waals surface area contributed by atoms with Crippen molar-refractivity contribution in [2.45, 2.75) is 57.0 Å². The topological polar surface area (TPSA) is 90.4 Å². The number of hydrogen-bond acceptors (Lipinski definition) is 6. The standard InChI is InChI=1S/C28H38FN3O3S.C2HF3O2/c1-2-36(33,34)32-22-28(26-21-23(29)7-12-27(26)32)13-18-31(19-14-28)24-8-10-25(11-9-24)35-20-6-17-30-15-4-3-5-16-30;3-2(4,5)1(6)7/h7-12,21H,2-6,13-20,22H2,1H3;(H,6,7). The van der Waals surface area contributed by atoms with E-state index in [1.165, 1.54) is 42.7 Å². The van der Waals surface area contributed by atoms with E-state index in [9.17, 15) is 26.0 Å². The van der Waals surface area contributed by atoms with Gasteiger partial charge in [0.25, 0.3) is 0 Å². The van der Waals surface area contributed by atoms with Crippen LogP contribution < -0.4 is 13.9 Å². The molecule has 43 heavy (non-hydrogen) atoms. The van der Waals surface area contributed by atoms with Gasteiger partial charge >= 0.3 is 12.1 Å². The van der Waals surface area contributed by atoms with Gasteiger partial charge in [0.05, 0.1) is 18.0 Å². The van der Waals surface area contributed by atoms with Gasteiger partial charge in [-0.2, -0.15) is 13.2 Å². The largest absolute Gasteiger partial charge is 0.494 e. The molecule has 0 aromatic heterocycles. The van der Waals surface area contributed by atoms with Crippen LogP contribution in [-0.4, -0.2) is 82.2 Å². The quantitative estimate of drug-likeness (QED) is 0.308. The Morgan fingerprint density at radius 2 is 1.63 bits per heavy atom. The van der Waals surface area contributed by atoms with Gasteiger partial charge in [0, 0.05) is 37.3 Å². The molecule has 0 amide bonds. The lowest BCUT2D eigenvalue weighted by Crippen LogP contribution is -2.46. The van der Waals surface area contributed by atoms with Crippen molar-refractivity contribution in [2.75, 3.05) is 60.8 Å². The first-order valence-electron chi connectivity index (χ1n) is 14.7. The smallest absolute Gasteiger partial charge is 0.490 e. The fourth-order valence-electron chi connectivity index (χ4n) is 6.03. The first-order valence-corrected chi connectivity index (χ1v) is 16.3. The first kappa shape index (κ1) is 32.8. The van der Waals surface area contributed by atoms with E-state index in [0.29, 0.717) is 12.2 Å². The lowest BCUT2D eigenvalue weighted by Gasteiger charge is -2.41. The molecule has 0 bridgehead atoms. The molecule has 3 aliphatic heterocycles. The van der Waals surface area contributed by atoms with Crippen LogP contribution in [0.2, 0.25) is 0 Å². The monoisotopic (exact) mass is 629 g/mol. The van der Waals surface area contributed by atoms with Gasteiger partial charge in [0.15, 0.2) is 0 Å². The summed E-state index contributed by atoms with van der Waals surface area (Å²) < 4.78 is 79.0. The number of aliphatic carboxylic acids is 1. The van der Waals surface area contributed by atoms with E-state index in [-0.39, 0.29) is 17.0 Å². The Hall–Kier alpha value is -3.06. The molecule has 8 nitrogen and oxygen atoms in total. The van der Waals surface area contributed by atoms with E-state index in [2.05, 4.69) is 21.9 Å². The number of carbonyl (C=O) groups is 1. The lowest BCUT2D eigenvalue weighted by atomic mass is 9.74. The first-order chi connectivity index (χ1) is 20.3. The zero-order valence-electron chi connectivity index (χ0n) is 24.3. The van der Waals surface area contributed by atoms with Crippen molar-refractivity contribution in [3.63, 3.8) is 0 Å². The highest BCUT2D eigenvalue weighted by Crippen LogP contribution is 2.48. The molecular formula is C30H39F4N3O5S. The minimum atomic E-state index is -5.08. The molecule has 2 aromatic rings. The van der Waals surface area contributed by atoms with Gasteiger partial charge in [-0.25, -0.2) is 17.6 Å². The molecule has 0 unspecified atom stereocenters. The fraction of sp³-hybridized carbons (Fsp3) is 0.567. The van der Waals surface area contributed by atoms with Crippen LogP contribution in [0.4, 0.5) is 28.9 Å². The second kappa shape index (κ2) is 13.7. The number of fused-ring (bicyclic) bond motifs is 2. The minimum Gasteiger partial charge on any atom is -0.494 e. The maximum Gasteiger partial charge on any atom is 0.490 e. The van der Waals surface area contributed by atoms with Crippen molar-refractivity contribution in [1.29, 1.82) is 0 Å². The van der Waals surface area contributed by atoms with Crippen molar-refractivity contribution in [3.05, 3.63) is 53.8 Å². The van der Waals surface area contributed by atoms with Crippen molar-refractivity contribution >= 4 is 27.4 Å². The zero-order valence-corrected chi connectivity index (χ0v) is 25.1. The van der Waals surface area contributed by atoms with Gasteiger partial charge in [0.2, 0.25) is 10.0 Å². The number of anilines is 2. The third-order valence-electron chi connectivity index (χ3n) is 8.45. The second-order valence-corrected chi connectivity index (χ2v) is 13.4. The number of benzene rings is 2. The van der Waals surface area contributed by atoms with Crippen LogP contribution in [0.15, 0.2) is 42.5 Å². The Morgan fingerprint density at radius 3 is 2.21 bits per heavy atom. The van der Waals surface area contributed by atoms with Crippen LogP contribution in [0.3, 0.4) is 0 Å². The molecule has 2 saturated heterocycles. The van der Waals surface area contributed by atoms with Gasteiger partial charge < -0.3 is 19.6 Å². The van der Waals surface area contributed by atoms with Crippen LogP contribution in [0.1, 0.15) is 51.0 Å². The molecule has 0 radical (unpaired) electrons. The third-order valence-corrected chi connectivity index (χ3v) is 10.2. The highest BCUT2D eigenvalue weighted by molar-refractivity contribution is 7.92. The molecule has 1 N–H and O–H groups in total. The summed E-state index contributed by atoms with van der Waals surface area (Å²) in [6, 6.07) is 12.8. The number of carboxylic acids is 1. The summed E-state index contributed by atoms with van der Waals surface area (Å²) in [6.07, 6.45) is 1.53. The number of alkyl halides is 3. The van der Waals surface area contributed by atoms with E-state index in [4.69, 9.17) is 14.6 Å². The predicted molar refractivity (Wildman–Crippen MR) is 157 cm³/mol. The summed E-state index contributed by atoms with van der Waals surface area (Å²) in [5, 5.41) is 7.12. The molecule has 13 heteroatoms. The molecular weight excluding hydrogens is 590 g/mol. The van der Waals surface area contributed by atoms with Crippen LogP contribution in [0, 0.1) is 5.82 Å². The SMILES string of the molecule is CCS(=O)(=O)N1CC2(CCN(c3ccc(OCCCN4CCCCC4)cc3)CC2)c2cc(F)ccc21.O=C(O)C(F)(F)F. The van der Waals surface area contributed by atoms with Gasteiger partial charge in [-0.05, 0) is 100 Å². The zero-order chi connectivity index (χ0) is 31.3. The molecule has 3 heterocycles. The average molecular weight is 630 g/mol. The summed E-state index contributed by atoms with van der Waals surface area (Å²) in [5.41, 5.74) is 2.29. The number of rotatable bonds is 8. The van der Waals surface area contributed by atoms with Gasteiger partial charge in [-0.1, -0.05) is 6.42 Å². The van der Waals surface area contributed by atoms with Crippen LogP contribution in [-0.2, 0) is 20.2 Å². The van der Waals surface area contributed by atoms with Crippen LogP contribution in [0.25, 0.3) is 0 Å². The minimum absolute atomic E-state index is 0.0404. The maximum atomic E-state index is 14.2. The second-order valence-electron chi connectivity index (χ2n) is 11.2. The van der Waals surface area contributed by atoms with Crippen molar-refractivity contribution < 1.29 is 40.6 Å². The molecule has 3 aliphatic rings. The van der Waals surface area contributed by atoms with Crippen molar-refractivity contribution in [1.82, 2.24) is 4.90 Å². The number of carboxylic acid groups (broad SMARTS) is 1. The van der Waals surface area contributed by atoms with Gasteiger partial charge in [0.1, 0.15) is 11.6 Å². The Bertz CT molecular complexity index is 1340. The van der Waals surface area contributed by atoms with Crippen molar-refractivity contribution in [2.24, 2.45) is 0 Å².